The Balaban J connectivity index is 1.62. The molecule has 1 aromatic heterocycles. The summed E-state index contributed by atoms with van der Waals surface area (Å²) < 4.78 is 5.70. The van der Waals surface area contributed by atoms with E-state index in [4.69, 9.17) is 4.74 Å². The fourth-order valence-corrected chi connectivity index (χ4v) is 4.09. The van der Waals surface area contributed by atoms with Crippen molar-refractivity contribution in [2.45, 2.75) is 58.7 Å². The van der Waals surface area contributed by atoms with Crippen molar-refractivity contribution in [1.82, 2.24) is 26.1 Å². The van der Waals surface area contributed by atoms with E-state index >= 15 is 0 Å². The molecule has 192 valence electrons. The van der Waals surface area contributed by atoms with Gasteiger partial charge in [0, 0.05) is 19.0 Å². The number of likely N-dealkylation sites (N-methyl/N-ethyl adjacent to an activating group) is 1. The topological polar surface area (TPSA) is 113 Å². The highest BCUT2D eigenvalue weighted by atomic mass is 16.5. The van der Waals surface area contributed by atoms with Crippen LogP contribution in [0.15, 0.2) is 48.2 Å². The summed E-state index contributed by atoms with van der Waals surface area (Å²) in [5, 5.41) is 7.93. The van der Waals surface area contributed by atoms with Gasteiger partial charge < -0.3 is 15.4 Å². The minimum atomic E-state index is -0.774. The van der Waals surface area contributed by atoms with E-state index in [0.717, 1.165) is 22.0 Å². The minimum Gasteiger partial charge on any atom is -0.455 e. The van der Waals surface area contributed by atoms with Crippen LogP contribution in [0.25, 0.3) is 17.0 Å². The van der Waals surface area contributed by atoms with Gasteiger partial charge in [0.25, 0.3) is 11.8 Å². The van der Waals surface area contributed by atoms with Gasteiger partial charge in [0.15, 0.2) is 0 Å². The highest BCUT2D eigenvalue weighted by Gasteiger charge is 2.32. The number of fused-ring (bicyclic) bond motifs is 1. The summed E-state index contributed by atoms with van der Waals surface area (Å²) >= 11 is 0. The van der Waals surface area contributed by atoms with Gasteiger partial charge in [-0.2, -0.15) is 0 Å². The summed E-state index contributed by atoms with van der Waals surface area (Å²) in [6.07, 6.45) is 2.35. The molecule has 0 spiro atoms. The highest BCUT2D eigenvalue weighted by Crippen LogP contribution is 2.22. The molecule has 1 fully saturated rings. The molecule has 0 saturated carbocycles. The number of pyridine rings is 1. The van der Waals surface area contributed by atoms with Gasteiger partial charge in [-0.1, -0.05) is 30.9 Å². The molecule has 0 bridgehead atoms. The Morgan fingerprint density at radius 2 is 1.94 bits per heavy atom. The number of carbonyl (C=O) groups is 3. The quantitative estimate of drug-likeness (QED) is 0.383. The number of ether oxygens (including phenoxy) is 1. The first-order valence-electron chi connectivity index (χ1n) is 12.1. The van der Waals surface area contributed by atoms with Crippen LogP contribution in [0.4, 0.5) is 0 Å². The van der Waals surface area contributed by atoms with Crippen LogP contribution in [0.2, 0.25) is 0 Å². The number of hydrogen-bond donors (Lipinski definition) is 3. The third-order valence-corrected chi connectivity index (χ3v) is 6.11. The molecule has 9 nitrogen and oxygen atoms in total. The second-order valence-corrected chi connectivity index (χ2v) is 9.11. The first kappa shape index (κ1) is 26.9. The largest absolute Gasteiger partial charge is 0.455 e. The van der Waals surface area contributed by atoms with E-state index in [1.54, 1.807) is 27.0 Å². The van der Waals surface area contributed by atoms with Crippen molar-refractivity contribution in [2.75, 3.05) is 13.6 Å². The maximum Gasteiger partial charge on any atom is 0.325 e. The SMILES string of the molecule is C=Cc1ccc2ccc([C@@H](C)OC(=O)[C@@H]3CCCN(C(=O)[C@H](C)NC(=O)C(NC)=C(C)C)N3)nc2c1. The highest BCUT2D eigenvalue weighted by molar-refractivity contribution is 5.96. The Morgan fingerprint density at radius 3 is 2.61 bits per heavy atom. The van der Waals surface area contributed by atoms with Crippen molar-refractivity contribution in [3.8, 4) is 0 Å². The fourth-order valence-electron chi connectivity index (χ4n) is 4.09. The van der Waals surface area contributed by atoms with Gasteiger partial charge in [-0.25, -0.2) is 10.4 Å². The molecule has 0 unspecified atom stereocenters. The van der Waals surface area contributed by atoms with Crippen molar-refractivity contribution in [1.29, 1.82) is 0 Å². The van der Waals surface area contributed by atoms with Crippen LogP contribution in [0, 0.1) is 0 Å². The average molecular weight is 494 g/mol. The Labute approximate surface area is 211 Å². The zero-order valence-corrected chi connectivity index (χ0v) is 21.6. The molecule has 1 aromatic carbocycles. The fraction of sp³-hybridized carbons (Fsp3) is 0.407. The molecule has 3 N–H and O–H groups in total. The predicted octanol–water partition coefficient (Wildman–Crippen LogP) is 3.00. The van der Waals surface area contributed by atoms with Gasteiger partial charge in [0.05, 0.1) is 16.9 Å². The standard InChI is InChI=1S/C27H35N5O4/c1-7-19-10-11-20-12-13-21(30-23(20)15-19)18(5)36-27(35)22-9-8-14-32(31-22)26(34)17(4)29-25(33)24(28-6)16(2)3/h7,10-13,15,17-18,22,28,31H,1,8-9,14H2,2-6H3,(H,29,33)/t17-,18+,22-/m0/s1. The van der Waals surface area contributed by atoms with Gasteiger partial charge in [0.1, 0.15) is 18.2 Å². The van der Waals surface area contributed by atoms with Gasteiger partial charge in [0.2, 0.25) is 0 Å². The minimum absolute atomic E-state index is 0.327. The Kier molecular flexibility index (Phi) is 8.82. The third-order valence-electron chi connectivity index (χ3n) is 6.11. The predicted molar refractivity (Wildman–Crippen MR) is 139 cm³/mol. The Morgan fingerprint density at radius 1 is 1.22 bits per heavy atom. The number of allylic oxidation sites excluding steroid dienone is 1. The molecule has 9 heteroatoms. The van der Waals surface area contributed by atoms with Crippen LogP contribution in [-0.2, 0) is 19.1 Å². The smallest absolute Gasteiger partial charge is 0.325 e. The lowest BCUT2D eigenvalue weighted by atomic mass is 10.1. The summed E-state index contributed by atoms with van der Waals surface area (Å²) in [5.41, 5.74) is 6.59. The molecule has 3 rings (SSSR count). The molecule has 2 heterocycles. The van der Waals surface area contributed by atoms with Crippen LogP contribution in [0.3, 0.4) is 0 Å². The molecule has 3 atom stereocenters. The van der Waals surface area contributed by atoms with Crippen molar-refractivity contribution in [2.24, 2.45) is 0 Å². The summed E-state index contributed by atoms with van der Waals surface area (Å²) in [4.78, 5) is 43.0. The lowest BCUT2D eigenvalue weighted by molar-refractivity contribution is -0.157. The van der Waals surface area contributed by atoms with E-state index in [-0.39, 0.29) is 11.8 Å². The average Bonchev–Trinajstić information content (AvgIpc) is 2.87. The van der Waals surface area contributed by atoms with Gasteiger partial charge >= 0.3 is 5.97 Å². The maximum atomic E-state index is 12.9. The number of nitrogens with one attached hydrogen (secondary N) is 3. The molecule has 2 amide bonds. The first-order chi connectivity index (χ1) is 17.1. The van der Waals surface area contributed by atoms with Gasteiger partial charge in [-0.05, 0) is 63.8 Å². The normalized spacial score (nSPS) is 17.0. The second-order valence-electron chi connectivity index (χ2n) is 9.11. The van der Waals surface area contributed by atoms with Crippen LogP contribution < -0.4 is 16.1 Å². The molecule has 0 aliphatic carbocycles. The lowest BCUT2D eigenvalue weighted by Crippen LogP contribution is -2.59. The zero-order valence-electron chi connectivity index (χ0n) is 21.6. The van der Waals surface area contributed by atoms with Crippen molar-refractivity contribution >= 4 is 34.8 Å². The van der Waals surface area contributed by atoms with Crippen LogP contribution in [0.1, 0.15) is 57.9 Å². The number of esters is 1. The van der Waals surface area contributed by atoms with Gasteiger partial charge in [-0.15, -0.1) is 0 Å². The third kappa shape index (κ3) is 6.28. The first-order valence-corrected chi connectivity index (χ1v) is 12.1. The number of hydrazine groups is 1. The number of nitrogens with zero attached hydrogens (tertiary/aromatic N) is 2. The molecular formula is C27H35N5O4. The zero-order chi connectivity index (χ0) is 26.4. The summed E-state index contributed by atoms with van der Waals surface area (Å²) in [5.74, 6) is -1.14. The second kappa shape index (κ2) is 11.8. The van der Waals surface area contributed by atoms with Crippen molar-refractivity contribution < 1.29 is 19.1 Å². The van der Waals surface area contributed by atoms with E-state index in [1.807, 2.05) is 44.2 Å². The van der Waals surface area contributed by atoms with E-state index < -0.39 is 24.2 Å². The molecule has 36 heavy (non-hydrogen) atoms. The Hall–Kier alpha value is -3.72. The van der Waals surface area contributed by atoms with Gasteiger partial charge in [-0.3, -0.25) is 19.4 Å². The molecule has 2 aromatic rings. The maximum absolute atomic E-state index is 12.9. The van der Waals surface area contributed by atoms with Crippen molar-refractivity contribution in [3.63, 3.8) is 0 Å². The van der Waals surface area contributed by atoms with Crippen LogP contribution >= 0.6 is 0 Å². The number of hydrogen-bond acceptors (Lipinski definition) is 7. The van der Waals surface area contributed by atoms with Crippen LogP contribution in [-0.4, -0.2) is 53.5 Å². The lowest BCUT2D eigenvalue weighted by Gasteiger charge is -2.34. The number of amides is 2. The Bertz CT molecular complexity index is 1190. The molecule has 1 aliphatic rings. The van der Waals surface area contributed by atoms with Crippen LogP contribution in [0.5, 0.6) is 0 Å². The number of rotatable bonds is 8. The number of carbonyl (C=O) groups excluding carboxylic acids is 3. The number of benzene rings is 1. The van der Waals surface area contributed by atoms with Crippen molar-refractivity contribution in [3.05, 3.63) is 59.4 Å². The summed E-state index contributed by atoms with van der Waals surface area (Å²) in [6.45, 7) is 11.2. The summed E-state index contributed by atoms with van der Waals surface area (Å²) in [7, 11) is 1.66. The van der Waals surface area contributed by atoms with E-state index in [2.05, 4.69) is 27.6 Å². The molecule has 1 saturated heterocycles. The number of aromatic nitrogens is 1. The summed E-state index contributed by atoms with van der Waals surface area (Å²) in [6, 6.07) is 8.21. The molecule has 1 aliphatic heterocycles. The van der Waals surface area contributed by atoms with E-state index in [0.29, 0.717) is 30.8 Å². The monoisotopic (exact) mass is 493 g/mol. The molecule has 0 radical (unpaired) electrons. The van der Waals surface area contributed by atoms with E-state index in [1.165, 1.54) is 5.01 Å². The molecular weight excluding hydrogens is 458 g/mol. The van der Waals surface area contributed by atoms with E-state index in [9.17, 15) is 14.4 Å².